The highest BCUT2D eigenvalue weighted by molar-refractivity contribution is 8.89. The predicted octanol–water partition coefficient (Wildman–Crippen LogP) is 5.64. The van der Waals surface area contributed by atoms with Crippen LogP contribution in [0.3, 0.4) is 0 Å². The number of aromatic nitrogens is 3. The Hall–Kier alpha value is -0.620. The molecule has 0 spiro atoms. The molecule has 6 nitrogen and oxygen atoms in total. The molecule has 0 bridgehead atoms. The van der Waals surface area contributed by atoms with E-state index in [1.807, 2.05) is 50.1 Å². The van der Waals surface area contributed by atoms with Crippen LogP contribution >= 0.6 is 80.8 Å². The van der Waals surface area contributed by atoms with Gasteiger partial charge in [-0.2, -0.15) is 15.0 Å². The molecule has 0 fully saturated rings. The summed E-state index contributed by atoms with van der Waals surface area (Å²) >= 11 is 27.4. The summed E-state index contributed by atoms with van der Waals surface area (Å²) in [5.41, 5.74) is 0.669. The number of halogens is 3. The molecule has 1 heterocycles. The molecule has 1 N–H and O–H groups in total. The van der Waals surface area contributed by atoms with Gasteiger partial charge in [0.25, 0.3) is 0 Å². The maximum absolute atomic E-state index is 5.95. The number of para-hydroxylation sites is 1. The zero-order valence-corrected chi connectivity index (χ0v) is 20.8. The predicted molar refractivity (Wildman–Crippen MR) is 132 cm³/mol. The van der Waals surface area contributed by atoms with Crippen molar-refractivity contribution in [2.24, 2.45) is 0 Å². The molecule has 152 valence electrons. The highest BCUT2D eigenvalue weighted by atomic mass is 35.5. The lowest BCUT2D eigenvalue weighted by atomic mass is 10.3. The second kappa shape index (κ2) is 12.8. The smallest absolute Gasteiger partial charge is 0.232 e. The van der Waals surface area contributed by atoms with Gasteiger partial charge in [0.15, 0.2) is 0 Å². The Morgan fingerprint density at radius 1 is 0.857 bits per heavy atom. The maximum Gasteiger partial charge on any atom is 0.232 e. The van der Waals surface area contributed by atoms with Gasteiger partial charge in [-0.25, -0.2) is 0 Å². The molecule has 13 heteroatoms. The van der Waals surface area contributed by atoms with Crippen molar-refractivity contribution in [3.8, 4) is 0 Å². The normalized spacial score (nSPS) is 9.82. The van der Waals surface area contributed by atoms with Crippen molar-refractivity contribution in [2.45, 2.75) is 0 Å². The SMILES string of the molecule is CN(C)C(=S)SSC(=S)N(C)C.Clc1nc(Cl)nc(Nc2ccccc2Cl)n1. The average molecular weight is 516 g/mol. The molecule has 0 aliphatic rings. The van der Waals surface area contributed by atoms with Crippen LogP contribution in [-0.2, 0) is 0 Å². The molecule has 0 saturated carbocycles. The molecule has 2 aromatic rings. The molecule has 0 saturated heterocycles. The van der Waals surface area contributed by atoms with Crippen LogP contribution in [0.4, 0.5) is 11.6 Å². The van der Waals surface area contributed by atoms with Gasteiger partial charge in [0, 0.05) is 28.2 Å². The molecule has 0 atom stereocenters. The summed E-state index contributed by atoms with van der Waals surface area (Å²) in [6.07, 6.45) is 0. The minimum absolute atomic E-state index is 0.0227. The number of hydrogen-bond donors (Lipinski definition) is 1. The Morgan fingerprint density at radius 3 is 1.75 bits per heavy atom. The van der Waals surface area contributed by atoms with Crippen molar-refractivity contribution < 1.29 is 0 Å². The van der Waals surface area contributed by atoms with Crippen molar-refractivity contribution in [3.05, 3.63) is 39.9 Å². The molecular formula is C15H17Cl3N6S4. The van der Waals surface area contributed by atoms with Gasteiger partial charge in [0.2, 0.25) is 16.5 Å². The highest BCUT2D eigenvalue weighted by Gasteiger charge is 2.06. The summed E-state index contributed by atoms with van der Waals surface area (Å²) < 4.78 is 1.67. The Kier molecular flexibility index (Phi) is 11.7. The first-order chi connectivity index (χ1) is 13.1. The van der Waals surface area contributed by atoms with Gasteiger partial charge in [-0.1, -0.05) is 48.2 Å². The largest absolute Gasteiger partial charge is 0.363 e. The Morgan fingerprint density at radius 2 is 1.32 bits per heavy atom. The van der Waals surface area contributed by atoms with Crippen LogP contribution in [0, 0.1) is 0 Å². The summed E-state index contributed by atoms with van der Waals surface area (Å²) in [4.78, 5) is 15.1. The van der Waals surface area contributed by atoms with Crippen LogP contribution in [0.1, 0.15) is 0 Å². The van der Waals surface area contributed by atoms with Crippen molar-refractivity contribution in [1.82, 2.24) is 24.8 Å². The lowest BCUT2D eigenvalue weighted by molar-refractivity contribution is 0.647. The van der Waals surface area contributed by atoms with Crippen LogP contribution in [-0.4, -0.2) is 61.6 Å². The number of nitrogens with zero attached hydrogens (tertiary/aromatic N) is 5. The third-order valence-corrected chi connectivity index (χ3v) is 7.44. The summed E-state index contributed by atoms with van der Waals surface area (Å²) in [5.74, 6) is 0.248. The molecular weight excluding hydrogens is 499 g/mol. The lowest BCUT2D eigenvalue weighted by Gasteiger charge is -2.15. The van der Waals surface area contributed by atoms with Gasteiger partial charge in [-0.05, 0) is 56.9 Å². The van der Waals surface area contributed by atoms with E-state index in [9.17, 15) is 0 Å². The molecule has 1 aromatic carbocycles. The van der Waals surface area contributed by atoms with Gasteiger partial charge in [-0.3, -0.25) is 0 Å². The third kappa shape index (κ3) is 9.73. The maximum atomic E-state index is 5.95. The standard InChI is InChI=1S/C9H5Cl3N4.C6H12N2S4/c10-5-3-1-2-4-6(5)13-9-15-7(11)14-8(12)16-9;1-7(2)5(9)11-12-6(10)8(3)4/h1-4H,(H,13,14,15,16);1-4H3. The van der Waals surface area contributed by atoms with Gasteiger partial charge in [0.05, 0.1) is 10.7 Å². The van der Waals surface area contributed by atoms with Gasteiger partial charge in [-0.15, -0.1) is 0 Å². The fourth-order valence-electron chi connectivity index (χ4n) is 1.29. The molecule has 1 aromatic heterocycles. The molecule has 0 aliphatic carbocycles. The second-order valence-corrected chi connectivity index (χ2v) is 9.77. The van der Waals surface area contributed by atoms with Gasteiger partial charge >= 0.3 is 0 Å². The average Bonchev–Trinajstić information content (AvgIpc) is 2.60. The fraction of sp³-hybridized carbons (Fsp3) is 0.267. The number of hydrogen-bond acceptors (Lipinski definition) is 8. The van der Waals surface area contributed by atoms with E-state index in [0.29, 0.717) is 10.7 Å². The van der Waals surface area contributed by atoms with Gasteiger partial charge in [0.1, 0.15) is 8.64 Å². The first-order valence-electron chi connectivity index (χ1n) is 7.46. The van der Waals surface area contributed by atoms with E-state index < -0.39 is 0 Å². The van der Waals surface area contributed by atoms with Crippen LogP contribution in [0.15, 0.2) is 24.3 Å². The fourth-order valence-corrected chi connectivity index (χ4v) is 4.21. The van der Waals surface area contributed by atoms with Crippen LogP contribution in [0.25, 0.3) is 0 Å². The van der Waals surface area contributed by atoms with Gasteiger partial charge < -0.3 is 15.1 Å². The minimum atomic E-state index is 0.0227. The molecule has 0 amide bonds. The number of thiocarbonyl (C=S) groups is 2. The molecule has 2 rings (SSSR count). The minimum Gasteiger partial charge on any atom is -0.363 e. The monoisotopic (exact) mass is 514 g/mol. The van der Waals surface area contributed by atoms with E-state index in [0.717, 1.165) is 8.64 Å². The summed E-state index contributed by atoms with van der Waals surface area (Å²) in [7, 11) is 10.7. The summed E-state index contributed by atoms with van der Waals surface area (Å²) in [6.45, 7) is 0. The topological polar surface area (TPSA) is 57.2 Å². The quantitative estimate of drug-likeness (QED) is 0.402. The van der Waals surface area contributed by atoms with Crippen LogP contribution in [0.2, 0.25) is 15.6 Å². The lowest BCUT2D eigenvalue weighted by Crippen LogP contribution is -2.18. The van der Waals surface area contributed by atoms with E-state index in [1.165, 1.54) is 21.6 Å². The van der Waals surface area contributed by atoms with E-state index in [4.69, 9.17) is 59.2 Å². The molecule has 28 heavy (non-hydrogen) atoms. The van der Waals surface area contributed by atoms with Crippen molar-refractivity contribution in [2.75, 3.05) is 33.5 Å². The summed E-state index contributed by atoms with van der Waals surface area (Å²) in [6, 6.07) is 7.18. The van der Waals surface area contributed by atoms with Crippen LogP contribution in [0.5, 0.6) is 0 Å². The highest BCUT2D eigenvalue weighted by Crippen LogP contribution is 2.26. The first kappa shape index (κ1) is 25.4. The van der Waals surface area contributed by atoms with Crippen LogP contribution < -0.4 is 5.32 Å². The first-order valence-corrected chi connectivity index (χ1v) is 11.6. The van der Waals surface area contributed by atoms with E-state index in [2.05, 4.69) is 20.3 Å². The summed E-state index contributed by atoms with van der Waals surface area (Å²) in [5, 5.41) is 3.49. The molecule has 0 aliphatic heterocycles. The van der Waals surface area contributed by atoms with Crippen molar-refractivity contribution >= 4 is 101 Å². The Balaban J connectivity index is 0.000000295. The second-order valence-electron chi connectivity index (χ2n) is 5.29. The van der Waals surface area contributed by atoms with E-state index in [1.54, 1.807) is 12.1 Å². The number of rotatable bonds is 2. The van der Waals surface area contributed by atoms with Crippen molar-refractivity contribution in [1.29, 1.82) is 0 Å². The zero-order chi connectivity index (χ0) is 21.3. The number of anilines is 2. The number of nitrogens with one attached hydrogen (secondary N) is 1. The van der Waals surface area contributed by atoms with Crippen molar-refractivity contribution in [3.63, 3.8) is 0 Å². The Labute approximate surface area is 198 Å². The Bertz CT molecular complexity index is 782. The van der Waals surface area contributed by atoms with E-state index in [-0.39, 0.29) is 16.5 Å². The van der Waals surface area contributed by atoms with E-state index >= 15 is 0 Å². The number of benzene rings is 1. The zero-order valence-electron chi connectivity index (χ0n) is 15.3. The third-order valence-electron chi connectivity index (χ3n) is 2.62. The molecule has 0 radical (unpaired) electrons. The molecule has 0 unspecified atom stereocenters.